The van der Waals surface area contributed by atoms with Gasteiger partial charge in [-0.15, -0.1) is 0 Å². The molecule has 0 aliphatic rings. The number of carboxylic acid groups (broad SMARTS) is 1. The van der Waals surface area contributed by atoms with E-state index in [1.807, 2.05) is 13.8 Å². The van der Waals surface area contributed by atoms with Crippen LogP contribution in [0, 0.1) is 0 Å². The second kappa shape index (κ2) is 9.12. The first kappa shape index (κ1) is 21.1. The van der Waals surface area contributed by atoms with Gasteiger partial charge in [0.15, 0.2) is 0 Å². The zero-order chi connectivity index (χ0) is 20.8. The molecule has 2 rings (SSSR count). The van der Waals surface area contributed by atoms with Crippen LogP contribution in [0.1, 0.15) is 58.5 Å². The standard InChI is InChI=1S/C21H24O7/c1-4-6-12-8-14(22)10-17(19(12)20(24)25)28-21(26)18-13(7-5-2)9-15(27-3)11-16(18)23/h8-11,22-23H,4-7H2,1-3H3,(H,24,25). The summed E-state index contributed by atoms with van der Waals surface area (Å²) in [4.78, 5) is 24.5. The van der Waals surface area contributed by atoms with Gasteiger partial charge in [-0.2, -0.15) is 0 Å². The molecule has 0 heterocycles. The molecule has 0 spiro atoms. The van der Waals surface area contributed by atoms with Gasteiger partial charge in [0.05, 0.1) is 7.11 Å². The average molecular weight is 388 g/mol. The number of hydrogen-bond acceptors (Lipinski definition) is 6. The van der Waals surface area contributed by atoms with Gasteiger partial charge in [-0.25, -0.2) is 9.59 Å². The second-order valence-electron chi connectivity index (χ2n) is 6.35. The monoisotopic (exact) mass is 388 g/mol. The van der Waals surface area contributed by atoms with Crippen molar-refractivity contribution in [2.24, 2.45) is 0 Å². The van der Waals surface area contributed by atoms with Crippen molar-refractivity contribution < 1.29 is 34.4 Å². The number of esters is 1. The molecule has 0 saturated heterocycles. The number of carbonyl (C=O) groups excluding carboxylic acids is 1. The molecule has 0 aliphatic heterocycles. The Morgan fingerprint density at radius 2 is 1.54 bits per heavy atom. The Hall–Kier alpha value is -3.22. The number of methoxy groups -OCH3 is 1. The van der Waals surface area contributed by atoms with E-state index in [0.29, 0.717) is 42.6 Å². The van der Waals surface area contributed by atoms with Crippen LogP contribution in [0.15, 0.2) is 24.3 Å². The lowest BCUT2D eigenvalue weighted by Crippen LogP contribution is -2.15. The first-order chi connectivity index (χ1) is 13.3. The third kappa shape index (κ3) is 4.54. The molecule has 28 heavy (non-hydrogen) atoms. The van der Waals surface area contributed by atoms with Gasteiger partial charge in [-0.3, -0.25) is 0 Å². The molecule has 0 aliphatic carbocycles. The van der Waals surface area contributed by atoms with E-state index >= 15 is 0 Å². The molecule has 0 fully saturated rings. The molecule has 2 aromatic carbocycles. The topological polar surface area (TPSA) is 113 Å². The van der Waals surface area contributed by atoms with Crippen LogP contribution in [-0.2, 0) is 12.8 Å². The van der Waals surface area contributed by atoms with Gasteiger partial charge in [0.1, 0.15) is 34.1 Å². The molecule has 0 radical (unpaired) electrons. The van der Waals surface area contributed by atoms with Gasteiger partial charge >= 0.3 is 11.9 Å². The van der Waals surface area contributed by atoms with E-state index in [9.17, 15) is 24.9 Å². The number of phenols is 2. The van der Waals surface area contributed by atoms with E-state index in [2.05, 4.69) is 0 Å². The zero-order valence-electron chi connectivity index (χ0n) is 16.1. The van der Waals surface area contributed by atoms with Crippen LogP contribution in [0.2, 0.25) is 0 Å². The molecule has 0 amide bonds. The van der Waals surface area contributed by atoms with Crippen molar-refractivity contribution in [1.82, 2.24) is 0 Å². The Morgan fingerprint density at radius 3 is 2.07 bits per heavy atom. The molecule has 150 valence electrons. The third-order valence-corrected chi connectivity index (χ3v) is 4.24. The number of phenolic OH excluding ortho intramolecular Hbond substituents is 2. The lowest BCUT2D eigenvalue weighted by atomic mass is 10.0. The predicted molar refractivity (Wildman–Crippen MR) is 103 cm³/mol. The van der Waals surface area contributed by atoms with Crippen molar-refractivity contribution in [3.63, 3.8) is 0 Å². The lowest BCUT2D eigenvalue weighted by molar-refractivity contribution is 0.0679. The van der Waals surface area contributed by atoms with Crippen LogP contribution in [0.4, 0.5) is 0 Å². The number of aromatic hydroxyl groups is 2. The first-order valence-electron chi connectivity index (χ1n) is 9.03. The molecule has 2 aromatic rings. The summed E-state index contributed by atoms with van der Waals surface area (Å²) in [6.45, 7) is 3.79. The van der Waals surface area contributed by atoms with Gasteiger partial charge in [0.2, 0.25) is 0 Å². The number of hydrogen-bond donors (Lipinski definition) is 3. The number of rotatable bonds is 8. The Balaban J connectivity index is 2.52. The highest BCUT2D eigenvalue weighted by atomic mass is 16.5. The third-order valence-electron chi connectivity index (χ3n) is 4.24. The van der Waals surface area contributed by atoms with Crippen molar-refractivity contribution in [2.45, 2.75) is 39.5 Å². The number of benzene rings is 2. The van der Waals surface area contributed by atoms with Gasteiger partial charge < -0.3 is 24.8 Å². The summed E-state index contributed by atoms with van der Waals surface area (Å²) in [7, 11) is 1.45. The van der Waals surface area contributed by atoms with E-state index in [0.717, 1.165) is 6.07 Å². The molecular formula is C21H24O7. The van der Waals surface area contributed by atoms with Crippen LogP contribution < -0.4 is 9.47 Å². The van der Waals surface area contributed by atoms with Crippen LogP contribution >= 0.6 is 0 Å². The zero-order valence-corrected chi connectivity index (χ0v) is 16.1. The lowest BCUT2D eigenvalue weighted by Gasteiger charge is -2.15. The van der Waals surface area contributed by atoms with Gasteiger partial charge in [-0.05, 0) is 36.1 Å². The minimum absolute atomic E-state index is 0.0561. The summed E-state index contributed by atoms with van der Waals surface area (Å²) in [6.07, 6.45) is 2.24. The van der Waals surface area contributed by atoms with Crippen LogP contribution in [0.5, 0.6) is 23.0 Å². The van der Waals surface area contributed by atoms with Crippen LogP contribution in [-0.4, -0.2) is 34.4 Å². The summed E-state index contributed by atoms with van der Waals surface area (Å²) in [5.74, 6) is -2.56. The van der Waals surface area contributed by atoms with Crippen molar-refractivity contribution >= 4 is 11.9 Å². The largest absolute Gasteiger partial charge is 0.508 e. The molecule has 0 aromatic heterocycles. The quantitative estimate of drug-likeness (QED) is 0.464. The Bertz CT molecular complexity index is 887. The fourth-order valence-corrected chi connectivity index (χ4v) is 3.07. The van der Waals surface area contributed by atoms with E-state index in [1.165, 1.54) is 19.2 Å². The van der Waals surface area contributed by atoms with Crippen molar-refractivity contribution in [3.05, 3.63) is 46.5 Å². The number of carbonyl (C=O) groups is 2. The number of carboxylic acids is 1. The predicted octanol–water partition coefficient (Wildman–Crippen LogP) is 3.93. The number of ether oxygens (including phenoxy) is 2. The van der Waals surface area contributed by atoms with Gasteiger partial charge in [0.25, 0.3) is 0 Å². The first-order valence-corrected chi connectivity index (χ1v) is 9.03. The van der Waals surface area contributed by atoms with Crippen molar-refractivity contribution in [1.29, 1.82) is 0 Å². The second-order valence-corrected chi connectivity index (χ2v) is 6.35. The number of aromatic carboxylic acids is 1. The van der Waals surface area contributed by atoms with E-state index < -0.39 is 11.9 Å². The minimum atomic E-state index is -1.26. The summed E-state index contributed by atoms with van der Waals surface area (Å²) in [6, 6.07) is 5.35. The molecular weight excluding hydrogens is 364 g/mol. The van der Waals surface area contributed by atoms with E-state index in [-0.39, 0.29) is 28.4 Å². The maximum Gasteiger partial charge on any atom is 0.347 e. The number of aryl methyl sites for hydroxylation is 2. The van der Waals surface area contributed by atoms with Crippen LogP contribution in [0.25, 0.3) is 0 Å². The maximum atomic E-state index is 12.8. The molecule has 3 N–H and O–H groups in total. The van der Waals surface area contributed by atoms with Gasteiger partial charge in [0, 0.05) is 12.1 Å². The van der Waals surface area contributed by atoms with Gasteiger partial charge in [-0.1, -0.05) is 26.7 Å². The Morgan fingerprint density at radius 1 is 0.929 bits per heavy atom. The molecule has 0 unspecified atom stereocenters. The summed E-state index contributed by atoms with van der Waals surface area (Å²) in [5.41, 5.74) is 0.651. The Labute approximate surface area is 163 Å². The molecule has 7 heteroatoms. The highest BCUT2D eigenvalue weighted by molar-refractivity contribution is 5.99. The highest BCUT2D eigenvalue weighted by Gasteiger charge is 2.24. The highest BCUT2D eigenvalue weighted by Crippen LogP contribution is 2.33. The van der Waals surface area contributed by atoms with Crippen molar-refractivity contribution in [2.75, 3.05) is 7.11 Å². The smallest absolute Gasteiger partial charge is 0.347 e. The molecule has 0 atom stereocenters. The SMILES string of the molecule is CCCc1cc(OC)cc(O)c1C(=O)Oc1cc(O)cc(CCC)c1C(=O)O. The van der Waals surface area contributed by atoms with E-state index in [4.69, 9.17) is 9.47 Å². The van der Waals surface area contributed by atoms with E-state index in [1.54, 1.807) is 6.07 Å². The van der Waals surface area contributed by atoms with Crippen molar-refractivity contribution in [3.8, 4) is 23.0 Å². The molecule has 7 nitrogen and oxygen atoms in total. The van der Waals surface area contributed by atoms with Crippen LogP contribution in [0.3, 0.4) is 0 Å². The Kier molecular flexibility index (Phi) is 6.87. The molecule has 0 bridgehead atoms. The minimum Gasteiger partial charge on any atom is -0.508 e. The summed E-state index contributed by atoms with van der Waals surface area (Å²) in [5, 5.41) is 29.8. The normalized spacial score (nSPS) is 10.5. The summed E-state index contributed by atoms with van der Waals surface area (Å²) < 4.78 is 10.4. The fraction of sp³-hybridized carbons (Fsp3) is 0.333. The summed E-state index contributed by atoms with van der Waals surface area (Å²) >= 11 is 0. The average Bonchev–Trinajstić information content (AvgIpc) is 2.60. The fourth-order valence-electron chi connectivity index (χ4n) is 3.07. The maximum absolute atomic E-state index is 12.8. The molecule has 0 saturated carbocycles.